The van der Waals surface area contributed by atoms with Gasteiger partial charge in [-0.05, 0) is 37.1 Å². The van der Waals surface area contributed by atoms with Crippen LogP contribution in [-0.4, -0.2) is 22.9 Å². The van der Waals surface area contributed by atoms with E-state index >= 15 is 0 Å². The van der Waals surface area contributed by atoms with Crippen LogP contribution in [0.25, 0.3) is 0 Å². The van der Waals surface area contributed by atoms with E-state index in [1.807, 2.05) is 0 Å². The first kappa shape index (κ1) is 14.4. The second kappa shape index (κ2) is 9.03. The van der Waals surface area contributed by atoms with Gasteiger partial charge in [-0.25, -0.2) is 0 Å². The van der Waals surface area contributed by atoms with Gasteiger partial charge in [0.2, 0.25) is 0 Å². The number of hydrogen-bond donors (Lipinski definition) is 0. The van der Waals surface area contributed by atoms with Crippen LogP contribution < -0.4 is 0 Å². The molecule has 106 valence electrons. The van der Waals surface area contributed by atoms with Gasteiger partial charge in [0.15, 0.2) is 0 Å². The van der Waals surface area contributed by atoms with E-state index in [-0.39, 0.29) is 0 Å². The molecule has 0 saturated heterocycles. The standard InChI is InChI=1S/C18H24N2/c1-2-8-14-19(13-7-1)17-11-5-6-12-18-20-15-9-3-4-10-16-20/h1-4,7-10,13-16H,5-6,11-12,17-18H2. The second-order valence-corrected chi connectivity index (χ2v) is 5.03. The Morgan fingerprint density at radius 1 is 0.400 bits per heavy atom. The molecule has 0 aromatic carbocycles. The maximum absolute atomic E-state index is 2.26. The van der Waals surface area contributed by atoms with Crippen molar-refractivity contribution in [1.29, 1.82) is 0 Å². The van der Waals surface area contributed by atoms with Crippen LogP contribution >= 0.6 is 0 Å². The van der Waals surface area contributed by atoms with Crippen molar-refractivity contribution in [1.82, 2.24) is 9.80 Å². The van der Waals surface area contributed by atoms with E-state index in [1.54, 1.807) is 0 Å². The van der Waals surface area contributed by atoms with Gasteiger partial charge < -0.3 is 9.80 Å². The third-order valence-electron chi connectivity index (χ3n) is 3.36. The van der Waals surface area contributed by atoms with Crippen LogP contribution in [0.1, 0.15) is 25.7 Å². The molecule has 2 rings (SSSR count). The molecular formula is C18H24N2. The number of unbranched alkanes of at least 4 members (excludes halogenated alkanes) is 3. The summed E-state index contributed by atoms with van der Waals surface area (Å²) in [6.45, 7) is 2.23. The zero-order chi connectivity index (χ0) is 13.9. The Balaban J connectivity index is 1.51. The highest BCUT2D eigenvalue weighted by atomic mass is 15.1. The molecule has 0 spiro atoms. The lowest BCUT2D eigenvalue weighted by Crippen LogP contribution is -2.12. The topological polar surface area (TPSA) is 6.48 Å². The summed E-state index contributed by atoms with van der Waals surface area (Å²) < 4.78 is 0. The Labute approximate surface area is 122 Å². The van der Waals surface area contributed by atoms with Crippen molar-refractivity contribution in [2.75, 3.05) is 13.1 Å². The van der Waals surface area contributed by atoms with Crippen molar-refractivity contribution in [3.63, 3.8) is 0 Å². The largest absolute Gasteiger partial charge is 0.354 e. The second-order valence-electron chi connectivity index (χ2n) is 5.03. The smallest absolute Gasteiger partial charge is 0.0219 e. The van der Waals surface area contributed by atoms with E-state index in [1.165, 1.54) is 25.7 Å². The highest BCUT2D eigenvalue weighted by Gasteiger charge is 1.98. The lowest BCUT2D eigenvalue weighted by atomic mass is 10.2. The summed E-state index contributed by atoms with van der Waals surface area (Å²) in [7, 11) is 0. The Kier molecular flexibility index (Phi) is 6.52. The molecule has 0 saturated carbocycles. The van der Waals surface area contributed by atoms with Crippen LogP contribution in [-0.2, 0) is 0 Å². The molecule has 0 fully saturated rings. The first-order chi connectivity index (χ1) is 9.95. The summed E-state index contributed by atoms with van der Waals surface area (Å²) >= 11 is 0. The van der Waals surface area contributed by atoms with Gasteiger partial charge in [-0.3, -0.25) is 0 Å². The van der Waals surface area contributed by atoms with Gasteiger partial charge in [-0.2, -0.15) is 0 Å². The maximum atomic E-state index is 2.26. The quantitative estimate of drug-likeness (QED) is 0.634. The molecule has 0 aliphatic carbocycles. The molecule has 0 unspecified atom stereocenters. The molecule has 2 aliphatic heterocycles. The molecule has 0 aromatic heterocycles. The fourth-order valence-electron chi connectivity index (χ4n) is 2.24. The molecule has 2 nitrogen and oxygen atoms in total. The lowest BCUT2D eigenvalue weighted by molar-refractivity contribution is 0.443. The minimum Gasteiger partial charge on any atom is -0.354 e. The van der Waals surface area contributed by atoms with E-state index < -0.39 is 0 Å². The average molecular weight is 268 g/mol. The van der Waals surface area contributed by atoms with E-state index in [0.29, 0.717) is 0 Å². The van der Waals surface area contributed by atoms with Gasteiger partial charge in [-0.15, -0.1) is 0 Å². The van der Waals surface area contributed by atoms with Crippen LogP contribution in [0, 0.1) is 0 Å². The van der Waals surface area contributed by atoms with Crippen LogP contribution in [0.15, 0.2) is 73.4 Å². The van der Waals surface area contributed by atoms with Crippen molar-refractivity contribution in [2.24, 2.45) is 0 Å². The van der Waals surface area contributed by atoms with Crippen LogP contribution in [0.4, 0.5) is 0 Å². The Bertz CT molecular complexity index is 364. The zero-order valence-electron chi connectivity index (χ0n) is 12.1. The normalized spacial score (nSPS) is 16.8. The van der Waals surface area contributed by atoms with E-state index in [9.17, 15) is 0 Å². The summed E-state index contributed by atoms with van der Waals surface area (Å²) in [6.07, 6.45) is 30.3. The monoisotopic (exact) mass is 268 g/mol. The Morgan fingerprint density at radius 3 is 1.10 bits per heavy atom. The molecule has 2 heteroatoms. The molecule has 0 N–H and O–H groups in total. The third kappa shape index (κ3) is 5.79. The Hall–Kier alpha value is -1.96. The molecule has 20 heavy (non-hydrogen) atoms. The minimum absolute atomic E-state index is 1.11. The van der Waals surface area contributed by atoms with Crippen LogP contribution in [0.5, 0.6) is 0 Å². The number of hydrogen-bond acceptors (Lipinski definition) is 2. The SMILES string of the molecule is C1=CC=CN(CCCCCCN2C=CC=CC=C2)C=C1. The predicted molar refractivity (Wildman–Crippen MR) is 86.7 cm³/mol. The van der Waals surface area contributed by atoms with Crippen molar-refractivity contribution in [3.05, 3.63) is 73.4 Å². The number of rotatable bonds is 7. The van der Waals surface area contributed by atoms with Gasteiger partial charge >= 0.3 is 0 Å². The van der Waals surface area contributed by atoms with Crippen molar-refractivity contribution >= 4 is 0 Å². The molecule has 2 heterocycles. The maximum Gasteiger partial charge on any atom is 0.0219 e. The fraction of sp³-hybridized carbons (Fsp3) is 0.333. The third-order valence-corrected chi connectivity index (χ3v) is 3.36. The van der Waals surface area contributed by atoms with Crippen molar-refractivity contribution < 1.29 is 0 Å². The summed E-state index contributed by atoms with van der Waals surface area (Å²) in [4.78, 5) is 4.51. The van der Waals surface area contributed by atoms with Crippen LogP contribution in [0.3, 0.4) is 0 Å². The highest BCUT2D eigenvalue weighted by molar-refractivity contribution is 5.16. The Morgan fingerprint density at radius 2 is 0.750 bits per heavy atom. The molecule has 0 bridgehead atoms. The summed E-state index contributed by atoms with van der Waals surface area (Å²) in [5.41, 5.74) is 0. The van der Waals surface area contributed by atoms with Crippen molar-refractivity contribution in [3.8, 4) is 0 Å². The number of allylic oxidation sites excluding steroid dienone is 8. The lowest BCUT2D eigenvalue weighted by Gasteiger charge is -2.16. The molecule has 2 aliphatic rings. The average Bonchev–Trinajstić information content (AvgIpc) is 2.87. The van der Waals surface area contributed by atoms with Crippen molar-refractivity contribution in [2.45, 2.75) is 25.7 Å². The van der Waals surface area contributed by atoms with E-state index in [0.717, 1.165) is 13.1 Å². The minimum atomic E-state index is 1.11. The van der Waals surface area contributed by atoms with Gasteiger partial charge in [0, 0.05) is 37.9 Å². The van der Waals surface area contributed by atoms with E-state index in [2.05, 4.69) is 83.2 Å². The first-order valence-electron chi connectivity index (χ1n) is 7.50. The summed E-state index contributed by atoms with van der Waals surface area (Å²) in [5, 5.41) is 0. The molecule has 0 amide bonds. The highest BCUT2D eigenvalue weighted by Crippen LogP contribution is 2.07. The summed E-state index contributed by atoms with van der Waals surface area (Å²) in [5.74, 6) is 0. The fourth-order valence-corrected chi connectivity index (χ4v) is 2.24. The van der Waals surface area contributed by atoms with Gasteiger partial charge in [0.25, 0.3) is 0 Å². The van der Waals surface area contributed by atoms with Gasteiger partial charge in [0.05, 0.1) is 0 Å². The van der Waals surface area contributed by atoms with E-state index in [4.69, 9.17) is 0 Å². The van der Waals surface area contributed by atoms with Gasteiger partial charge in [0.1, 0.15) is 0 Å². The molecule has 0 radical (unpaired) electrons. The molecular weight excluding hydrogens is 244 g/mol. The molecule has 0 aromatic rings. The van der Waals surface area contributed by atoms with Crippen LogP contribution in [0.2, 0.25) is 0 Å². The van der Waals surface area contributed by atoms with Gasteiger partial charge in [-0.1, -0.05) is 37.1 Å². The first-order valence-corrected chi connectivity index (χ1v) is 7.50. The summed E-state index contributed by atoms with van der Waals surface area (Å²) in [6, 6.07) is 0. The predicted octanol–water partition coefficient (Wildman–Crippen LogP) is 4.35. The zero-order valence-corrected chi connectivity index (χ0v) is 12.1. The number of nitrogens with zero attached hydrogens (tertiary/aromatic N) is 2. The molecule has 0 atom stereocenters.